The standard InChI is InChI=1S/C24H50O/c1-13-23(9,10)21(15-19(7)17(3)4)25-22(24(11,12)14-2)16-20(8)18(5)6/h17-22H,13-16H2,1-12H3. The molecule has 0 aromatic carbocycles. The van der Waals surface area contributed by atoms with Crippen molar-refractivity contribution in [3.05, 3.63) is 0 Å². The van der Waals surface area contributed by atoms with Crippen LogP contribution in [0, 0.1) is 34.5 Å². The lowest BCUT2D eigenvalue weighted by molar-refractivity contribution is -0.133. The van der Waals surface area contributed by atoms with Gasteiger partial charge in [-0.3, -0.25) is 0 Å². The van der Waals surface area contributed by atoms with Crippen LogP contribution in [0.15, 0.2) is 0 Å². The minimum atomic E-state index is 0.228. The van der Waals surface area contributed by atoms with Crippen LogP contribution >= 0.6 is 0 Å². The summed E-state index contributed by atoms with van der Waals surface area (Å²) in [4.78, 5) is 0. The van der Waals surface area contributed by atoms with Crippen molar-refractivity contribution in [3.8, 4) is 0 Å². The van der Waals surface area contributed by atoms with Crippen LogP contribution in [0.3, 0.4) is 0 Å². The van der Waals surface area contributed by atoms with Crippen LogP contribution in [-0.2, 0) is 4.74 Å². The Labute approximate surface area is 160 Å². The summed E-state index contributed by atoms with van der Waals surface area (Å²) in [6.45, 7) is 28.4. The molecule has 0 aromatic heterocycles. The molecule has 0 N–H and O–H groups in total. The molecule has 25 heavy (non-hydrogen) atoms. The van der Waals surface area contributed by atoms with Crippen molar-refractivity contribution in [2.24, 2.45) is 34.5 Å². The van der Waals surface area contributed by atoms with Crippen molar-refractivity contribution in [1.82, 2.24) is 0 Å². The van der Waals surface area contributed by atoms with Gasteiger partial charge in [0.05, 0.1) is 12.2 Å². The van der Waals surface area contributed by atoms with Crippen molar-refractivity contribution < 1.29 is 4.74 Å². The summed E-state index contributed by atoms with van der Waals surface area (Å²) >= 11 is 0. The second-order valence-corrected chi connectivity index (χ2v) is 10.7. The van der Waals surface area contributed by atoms with Crippen LogP contribution in [0.1, 0.15) is 109 Å². The molecule has 0 aliphatic rings. The van der Waals surface area contributed by atoms with E-state index in [1.165, 1.54) is 25.7 Å². The summed E-state index contributed by atoms with van der Waals surface area (Å²) in [5, 5.41) is 0. The smallest absolute Gasteiger partial charge is 0.0632 e. The van der Waals surface area contributed by atoms with E-state index in [1.54, 1.807) is 0 Å². The molecular weight excluding hydrogens is 304 g/mol. The summed E-state index contributed by atoms with van der Waals surface area (Å²) in [5.74, 6) is 2.82. The van der Waals surface area contributed by atoms with Gasteiger partial charge in [-0.1, -0.05) is 83.1 Å². The van der Waals surface area contributed by atoms with Crippen LogP contribution in [0.5, 0.6) is 0 Å². The normalized spacial score (nSPS) is 18.5. The Bertz CT molecular complexity index is 319. The number of ether oxygens (including phenoxy) is 1. The molecule has 0 aromatic rings. The molecule has 0 amide bonds. The lowest BCUT2D eigenvalue weighted by atomic mass is 9.75. The number of hydrogen-bond acceptors (Lipinski definition) is 1. The highest BCUT2D eigenvalue weighted by Crippen LogP contribution is 2.40. The lowest BCUT2D eigenvalue weighted by Crippen LogP contribution is -2.43. The average Bonchev–Trinajstić information content (AvgIpc) is 2.52. The fraction of sp³-hybridized carbons (Fsp3) is 1.00. The molecule has 0 radical (unpaired) electrons. The molecule has 0 heterocycles. The van der Waals surface area contributed by atoms with Gasteiger partial charge in [-0.05, 0) is 60.2 Å². The van der Waals surface area contributed by atoms with E-state index in [2.05, 4.69) is 83.1 Å². The number of rotatable bonds is 12. The minimum Gasteiger partial charge on any atom is -0.374 e. The quantitative estimate of drug-likeness (QED) is 0.345. The first-order valence-corrected chi connectivity index (χ1v) is 10.9. The van der Waals surface area contributed by atoms with E-state index in [4.69, 9.17) is 4.74 Å². The van der Waals surface area contributed by atoms with Gasteiger partial charge < -0.3 is 4.74 Å². The zero-order chi connectivity index (χ0) is 20.0. The molecule has 0 fully saturated rings. The molecule has 0 rings (SSSR count). The maximum absolute atomic E-state index is 7.00. The summed E-state index contributed by atoms with van der Waals surface area (Å²) in [6.07, 6.45) is 5.36. The Hall–Kier alpha value is -0.0400. The average molecular weight is 355 g/mol. The molecule has 0 saturated heterocycles. The van der Waals surface area contributed by atoms with Gasteiger partial charge in [-0.15, -0.1) is 0 Å². The van der Waals surface area contributed by atoms with E-state index < -0.39 is 0 Å². The van der Waals surface area contributed by atoms with Crippen LogP contribution in [0.2, 0.25) is 0 Å². The van der Waals surface area contributed by atoms with Crippen LogP contribution < -0.4 is 0 Å². The van der Waals surface area contributed by atoms with Crippen LogP contribution in [-0.4, -0.2) is 12.2 Å². The van der Waals surface area contributed by atoms with E-state index in [9.17, 15) is 0 Å². The predicted octanol–water partition coefficient (Wildman–Crippen LogP) is 7.98. The van der Waals surface area contributed by atoms with Crippen molar-refractivity contribution in [2.45, 2.75) is 121 Å². The zero-order valence-corrected chi connectivity index (χ0v) is 19.7. The molecule has 0 bridgehead atoms. The Morgan fingerprint density at radius 2 is 0.880 bits per heavy atom. The van der Waals surface area contributed by atoms with Gasteiger partial charge in [0.15, 0.2) is 0 Å². The largest absolute Gasteiger partial charge is 0.374 e. The molecule has 0 spiro atoms. The fourth-order valence-electron chi connectivity index (χ4n) is 2.99. The third-order valence-electron chi connectivity index (χ3n) is 7.34. The van der Waals surface area contributed by atoms with E-state index in [-0.39, 0.29) is 10.8 Å². The highest BCUT2D eigenvalue weighted by Gasteiger charge is 2.38. The maximum atomic E-state index is 7.00. The van der Waals surface area contributed by atoms with Crippen molar-refractivity contribution in [3.63, 3.8) is 0 Å². The lowest BCUT2D eigenvalue weighted by Gasteiger charge is -2.43. The highest BCUT2D eigenvalue weighted by molar-refractivity contribution is 4.86. The monoisotopic (exact) mass is 354 g/mol. The maximum Gasteiger partial charge on any atom is 0.0632 e. The van der Waals surface area contributed by atoms with Crippen LogP contribution in [0.25, 0.3) is 0 Å². The van der Waals surface area contributed by atoms with Crippen LogP contribution in [0.4, 0.5) is 0 Å². The summed E-state index contributed by atoms with van der Waals surface area (Å²) in [7, 11) is 0. The number of hydrogen-bond donors (Lipinski definition) is 0. The van der Waals surface area contributed by atoms with Gasteiger partial charge in [0.1, 0.15) is 0 Å². The van der Waals surface area contributed by atoms with Crippen molar-refractivity contribution in [1.29, 1.82) is 0 Å². The molecule has 4 atom stereocenters. The summed E-state index contributed by atoms with van der Waals surface area (Å²) in [5.41, 5.74) is 0.457. The molecule has 0 saturated carbocycles. The molecule has 1 nitrogen and oxygen atoms in total. The second kappa shape index (κ2) is 10.3. The topological polar surface area (TPSA) is 9.23 Å². The molecule has 0 aliphatic heterocycles. The minimum absolute atomic E-state index is 0.228. The van der Waals surface area contributed by atoms with E-state index in [0.717, 1.165) is 0 Å². The first-order valence-electron chi connectivity index (χ1n) is 10.9. The highest BCUT2D eigenvalue weighted by atomic mass is 16.5. The van der Waals surface area contributed by atoms with E-state index in [0.29, 0.717) is 35.9 Å². The Morgan fingerprint density at radius 3 is 1.08 bits per heavy atom. The van der Waals surface area contributed by atoms with Gasteiger partial charge >= 0.3 is 0 Å². The third kappa shape index (κ3) is 8.02. The first kappa shape index (κ1) is 25.0. The molecular formula is C24H50O. The molecule has 0 aliphatic carbocycles. The Kier molecular flexibility index (Phi) is 10.3. The summed E-state index contributed by atoms with van der Waals surface area (Å²) < 4.78 is 7.00. The summed E-state index contributed by atoms with van der Waals surface area (Å²) in [6, 6.07) is 0. The van der Waals surface area contributed by atoms with Gasteiger partial charge in [0, 0.05) is 0 Å². The molecule has 4 unspecified atom stereocenters. The Morgan fingerprint density at radius 1 is 0.600 bits per heavy atom. The Balaban J connectivity index is 5.49. The zero-order valence-electron chi connectivity index (χ0n) is 19.7. The molecule has 152 valence electrons. The van der Waals surface area contributed by atoms with Gasteiger partial charge in [-0.2, -0.15) is 0 Å². The SMILES string of the molecule is CCC(C)(C)C(CC(C)C(C)C)OC(CC(C)C(C)C)C(C)(C)CC. The van der Waals surface area contributed by atoms with E-state index >= 15 is 0 Å². The van der Waals surface area contributed by atoms with Crippen molar-refractivity contribution >= 4 is 0 Å². The van der Waals surface area contributed by atoms with Gasteiger partial charge in [0.25, 0.3) is 0 Å². The first-order chi connectivity index (χ1) is 11.3. The molecule has 1 heteroatoms. The third-order valence-corrected chi connectivity index (χ3v) is 7.34. The van der Waals surface area contributed by atoms with E-state index in [1.807, 2.05) is 0 Å². The predicted molar refractivity (Wildman–Crippen MR) is 114 cm³/mol. The van der Waals surface area contributed by atoms with Crippen molar-refractivity contribution in [2.75, 3.05) is 0 Å². The van der Waals surface area contributed by atoms with Gasteiger partial charge in [0.2, 0.25) is 0 Å². The second-order valence-electron chi connectivity index (χ2n) is 10.7. The fourth-order valence-corrected chi connectivity index (χ4v) is 2.99. The van der Waals surface area contributed by atoms with Gasteiger partial charge in [-0.25, -0.2) is 0 Å².